The van der Waals surface area contributed by atoms with E-state index >= 15 is 0 Å². The highest BCUT2D eigenvalue weighted by Gasteiger charge is 2.23. The van der Waals surface area contributed by atoms with Crippen LogP contribution in [0.3, 0.4) is 0 Å². The molecule has 2 heterocycles. The van der Waals surface area contributed by atoms with Gasteiger partial charge >= 0.3 is 6.03 Å². The van der Waals surface area contributed by atoms with Gasteiger partial charge in [0, 0.05) is 52.4 Å². The molecular formula is C17H24Cl2N4O2. The monoisotopic (exact) mass is 386 g/mol. The van der Waals surface area contributed by atoms with Crippen molar-refractivity contribution in [2.75, 3.05) is 70.5 Å². The number of ether oxygens (including phenoxy) is 1. The Kier molecular flexibility index (Phi) is 6.64. The van der Waals surface area contributed by atoms with E-state index in [9.17, 15) is 4.79 Å². The minimum atomic E-state index is -0.00170. The third-order valence-corrected chi connectivity index (χ3v) is 5.24. The maximum atomic E-state index is 12.3. The number of nitrogens with zero attached hydrogens (tertiary/aromatic N) is 3. The van der Waals surface area contributed by atoms with Gasteiger partial charge in [0.25, 0.3) is 0 Å². The summed E-state index contributed by atoms with van der Waals surface area (Å²) in [5.74, 6) is 0. The molecule has 2 amide bonds. The van der Waals surface area contributed by atoms with E-state index in [0.717, 1.165) is 51.6 Å². The first-order valence-electron chi connectivity index (χ1n) is 8.67. The molecule has 6 nitrogen and oxygen atoms in total. The molecule has 0 spiro atoms. The summed E-state index contributed by atoms with van der Waals surface area (Å²) in [6.07, 6.45) is 0. The number of hydrogen-bond donors (Lipinski definition) is 1. The van der Waals surface area contributed by atoms with E-state index in [-0.39, 0.29) is 6.03 Å². The average Bonchev–Trinajstić information content (AvgIpc) is 2.63. The van der Waals surface area contributed by atoms with Crippen molar-refractivity contribution in [2.24, 2.45) is 0 Å². The van der Waals surface area contributed by atoms with Crippen LogP contribution in [0.25, 0.3) is 0 Å². The van der Waals surface area contributed by atoms with Crippen molar-refractivity contribution in [3.05, 3.63) is 28.2 Å². The van der Waals surface area contributed by atoms with Gasteiger partial charge < -0.3 is 19.9 Å². The standard InChI is InChI=1S/C17H24Cl2N4O2/c18-14-2-1-3-15(19)16(14)22-6-8-23(9-7-22)17(24)20-4-5-21-10-12-25-13-11-21/h1-3H,4-13H2,(H,20,24). The zero-order valence-corrected chi connectivity index (χ0v) is 15.7. The lowest BCUT2D eigenvalue weighted by Gasteiger charge is -2.37. The number of nitrogens with one attached hydrogen (secondary N) is 1. The first-order valence-corrected chi connectivity index (χ1v) is 9.42. The van der Waals surface area contributed by atoms with E-state index in [1.165, 1.54) is 0 Å². The van der Waals surface area contributed by atoms with Crippen molar-refractivity contribution in [2.45, 2.75) is 0 Å². The van der Waals surface area contributed by atoms with Gasteiger partial charge in [0.15, 0.2) is 0 Å². The molecule has 2 fully saturated rings. The van der Waals surface area contributed by atoms with Gasteiger partial charge in [-0.05, 0) is 12.1 Å². The molecule has 3 rings (SSSR count). The second-order valence-corrected chi connectivity index (χ2v) is 7.04. The number of anilines is 1. The summed E-state index contributed by atoms with van der Waals surface area (Å²) >= 11 is 12.5. The van der Waals surface area contributed by atoms with Gasteiger partial charge in [-0.25, -0.2) is 4.79 Å². The van der Waals surface area contributed by atoms with Crippen LogP contribution < -0.4 is 10.2 Å². The molecule has 138 valence electrons. The van der Waals surface area contributed by atoms with Gasteiger partial charge in [0.05, 0.1) is 28.9 Å². The summed E-state index contributed by atoms with van der Waals surface area (Å²) in [7, 11) is 0. The lowest BCUT2D eigenvalue weighted by Crippen LogP contribution is -2.53. The van der Waals surface area contributed by atoms with E-state index in [1.54, 1.807) is 0 Å². The van der Waals surface area contributed by atoms with Crippen LogP contribution in [0.1, 0.15) is 0 Å². The minimum Gasteiger partial charge on any atom is -0.379 e. The number of para-hydroxylation sites is 1. The number of morpholine rings is 1. The minimum absolute atomic E-state index is 0.00170. The highest BCUT2D eigenvalue weighted by atomic mass is 35.5. The van der Waals surface area contributed by atoms with Gasteiger partial charge in [-0.3, -0.25) is 4.90 Å². The number of hydrogen-bond acceptors (Lipinski definition) is 4. The predicted molar refractivity (Wildman–Crippen MR) is 101 cm³/mol. The fraction of sp³-hybridized carbons (Fsp3) is 0.588. The molecule has 2 aliphatic heterocycles. The quantitative estimate of drug-likeness (QED) is 0.860. The van der Waals surface area contributed by atoms with Crippen molar-refractivity contribution in [1.82, 2.24) is 15.1 Å². The predicted octanol–water partition coefficient (Wildman–Crippen LogP) is 2.16. The Morgan fingerprint density at radius 3 is 2.32 bits per heavy atom. The number of rotatable bonds is 4. The number of carbonyl (C=O) groups is 1. The molecule has 1 N–H and O–H groups in total. The Morgan fingerprint density at radius 1 is 1.04 bits per heavy atom. The highest BCUT2D eigenvalue weighted by molar-refractivity contribution is 6.39. The fourth-order valence-corrected chi connectivity index (χ4v) is 3.82. The topological polar surface area (TPSA) is 48.1 Å². The number of carbonyl (C=O) groups excluding carboxylic acids is 1. The van der Waals surface area contributed by atoms with Crippen molar-refractivity contribution in [1.29, 1.82) is 0 Å². The SMILES string of the molecule is O=C(NCCN1CCOCC1)N1CCN(c2c(Cl)cccc2Cl)CC1. The lowest BCUT2D eigenvalue weighted by molar-refractivity contribution is 0.0386. The van der Waals surface area contributed by atoms with Crippen LogP contribution in [-0.4, -0.2) is 81.4 Å². The first kappa shape index (κ1) is 18.6. The second kappa shape index (κ2) is 8.94. The Labute approximate surface area is 158 Å². The van der Waals surface area contributed by atoms with Crippen LogP contribution in [0.15, 0.2) is 18.2 Å². The van der Waals surface area contributed by atoms with E-state index in [0.29, 0.717) is 29.7 Å². The van der Waals surface area contributed by atoms with Crippen molar-refractivity contribution < 1.29 is 9.53 Å². The molecule has 0 radical (unpaired) electrons. The Bertz CT molecular complexity index is 568. The summed E-state index contributed by atoms with van der Waals surface area (Å²) in [4.78, 5) is 18.6. The zero-order valence-electron chi connectivity index (χ0n) is 14.2. The van der Waals surface area contributed by atoms with E-state index in [4.69, 9.17) is 27.9 Å². The molecule has 0 aromatic heterocycles. The molecular weight excluding hydrogens is 363 g/mol. The van der Waals surface area contributed by atoms with Gasteiger partial charge in [-0.15, -0.1) is 0 Å². The molecule has 1 aromatic rings. The van der Waals surface area contributed by atoms with Crippen LogP contribution in [-0.2, 0) is 4.74 Å². The molecule has 0 aliphatic carbocycles. The normalized spacial score (nSPS) is 19.1. The molecule has 2 aliphatic rings. The maximum Gasteiger partial charge on any atom is 0.317 e. The molecule has 0 bridgehead atoms. The highest BCUT2D eigenvalue weighted by Crippen LogP contribution is 2.33. The third kappa shape index (κ3) is 4.91. The summed E-state index contributed by atoms with van der Waals surface area (Å²) < 4.78 is 5.32. The average molecular weight is 387 g/mol. The summed E-state index contributed by atoms with van der Waals surface area (Å²) in [5.41, 5.74) is 0.859. The maximum absolute atomic E-state index is 12.3. The Hall–Kier alpha value is -1.21. The van der Waals surface area contributed by atoms with Crippen LogP contribution in [0, 0.1) is 0 Å². The Balaban J connectivity index is 1.43. The van der Waals surface area contributed by atoms with E-state index in [1.807, 2.05) is 23.1 Å². The summed E-state index contributed by atoms with van der Waals surface area (Å²) in [5, 5.41) is 4.31. The van der Waals surface area contributed by atoms with E-state index < -0.39 is 0 Å². The molecule has 0 unspecified atom stereocenters. The Morgan fingerprint density at radius 2 is 1.68 bits per heavy atom. The molecule has 0 saturated carbocycles. The van der Waals surface area contributed by atoms with Gasteiger partial charge in [0.1, 0.15) is 0 Å². The van der Waals surface area contributed by atoms with Gasteiger partial charge in [-0.2, -0.15) is 0 Å². The first-order chi connectivity index (χ1) is 12.1. The van der Waals surface area contributed by atoms with E-state index in [2.05, 4.69) is 15.1 Å². The summed E-state index contributed by atoms with van der Waals surface area (Å²) in [6, 6.07) is 5.52. The lowest BCUT2D eigenvalue weighted by atomic mass is 10.2. The third-order valence-electron chi connectivity index (χ3n) is 4.63. The molecule has 2 saturated heterocycles. The fourth-order valence-electron chi connectivity index (χ4n) is 3.18. The zero-order chi connectivity index (χ0) is 17.6. The van der Waals surface area contributed by atoms with Crippen molar-refractivity contribution >= 4 is 34.9 Å². The molecule has 1 aromatic carbocycles. The molecule has 0 atom stereocenters. The van der Waals surface area contributed by atoms with Crippen molar-refractivity contribution in [3.8, 4) is 0 Å². The van der Waals surface area contributed by atoms with Crippen LogP contribution in [0.4, 0.5) is 10.5 Å². The smallest absolute Gasteiger partial charge is 0.317 e. The van der Waals surface area contributed by atoms with Gasteiger partial charge in [0.2, 0.25) is 0 Å². The number of amides is 2. The number of halogens is 2. The second-order valence-electron chi connectivity index (χ2n) is 6.23. The largest absolute Gasteiger partial charge is 0.379 e. The van der Waals surface area contributed by atoms with Gasteiger partial charge in [-0.1, -0.05) is 29.3 Å². The molecule has 25 heavy (non-hydrogen) atoms. The van der Waals surface area contributed by atoms with Crippen LogP contribution in [0.5, 0.6) is 0 Å². The number of piperazine rings is 1. The van der Waals surface area contributed by atoms with Crippen LogP contribution in [0.2, 0.25) is 10.0 Å². The number of benzene rings is 1. The van der Waals surface area contributed by atoms with Crippen molar-refractivity contribution in [3.63, 3.8) is 0 Å². The van der Waals surface area contributed by atoms with Crippen LogP contribution >= 0.6 is 23.2 Å². The summed E-state index contributed by atoms with van der Waals surface area (Å²) in [6.45, 7) is 7.72. The number of urea groups is 1. The molecule has 8 heteroatoms.